The number of allylic oxidation sites excluding steroid dienone is 1. The molecule has 1 atom stereocenters. The Bertz CT molecular complexity index is 1470. The summed E-state index contributed by atoms with van der Waals surface area (Å²) in [6.45, 7) is 1.69. The third kappa shape index (κ3) is 4.08. The number of nitrogens with zero attached hydrogens (tertiary/aromatic N) is 3. The van der Waals surface area contributed by atoms with E-state index >= 15 is 0 Å². The van der Waals surface area contributed by atoms with Gasteiger partial charge in [-0.1, -0.05) is 35.6 Å². The highest BCUT2D eigenvalue weighted by Gasteiger charge is 2.33. The zero-order valence-electron chi connectivity index (χ0n) is 18.0. The second-order valence-corrected chi connectivity index (χ2v) is 8.21. The van der Waals surface area contributed by atoms with Crippen molar-refractivity contribution in [3.8, 4) is 5.75 Å². The third-order valence-corrected chi connectivity index (χ3v) is 6.22. The zero-order chi connectivity index (χ0) is 23.7. The fourth-order valence-electron chi connectivity index (χ4n) is 3.67. The molecule has 4 rings (SSSR count). The van der Waals surface area contributed by atoms with E-state index in [2.05, 4.69) is 4.99 Å². The molecule has 0 fully saturated rings. The summed E-state index contributed by atoms with van der Waals surface area (Å²) in [7, 11) is 2.83. The van der Waals surface area contributed by atoms with Crippen LogP contribution in [0.15, 0.2) is 69.6 Å². The fourth-order valence-corrected chi connectivity index (χ4v) is 4.72. The van der Waals surface area contributed by atoms with E-state index in [4.69, 9.17) is 9.47 Å². The highest BCUT2D eigenvalue weighted by molar-refractivity contribution is 7.07. The monoisotopic (exact) mass is 465 g/mol. The molecule has 1 aliphatic rings. The topological polar surface area (TPSA) is 113 Å². The molecule has 1 aromatic heterocycles. The molecule has 1 aliphatic heterocycles. The SMILES string of the molecule is COC(=O)C1=C(C)N=c2s/c(=C\c3cccc([N+](=O)[O-])c3)c(=O)n2C1c1ccc(OC)cc1. The predicted octanol–water partition coefficient (Wildman–Crippen LogP) is 2.33. The van der Waals surface area contributed by atoms with E-state index in [9.17, 15) is 19.7 Å². The first-order valence-corrected chi connectivity index (χ1v) is 10.6. The maximum absolute atomic E-state index is 13.5. The van der Waals surface area contributed by atoms with Crippen molar-refractivity contribution in [3.05, 3.63) is 101 Å². The number of aromatic nitrogens is 1. The summed E-state index contributed by atoms with van der Waals surface area (Å²) in [6, 6.07) is 12.3. The molecule has 168 valence electrons. The summed E-state index contributed by atoms with van der Waals surface area (Å²) in [5.74, 6) is 0.0576. The van der Waals surface area contributed by atoms with Crippen molar-refractivity contribution in [2.45, 2.75) is 13.0 Å². The van der Waals surface area contributed by atoms with E-state index in [1.54, 1.807) is 56.5 Å². The highest BCUT2D eigenvalue weighted by atomic mass is 32.1. The lowest BCUT2D eigenvalue weighted by Gasteiger charge is -2.24. The van der Waals surface area contributed by atoms with Gasteiger partial charge in [0.15, 0.2) is 4.80 Å². The summed E-state index contributed by atoms with van der Waals surface area (Å²) in [5.41, 5.74) is 1.48. The maximum atomic E-state index is 13.5. The molecule has 2 heterocycles. The smallest absolute Gasteiger partial charge is 0.338 e. The van der Waals surface area contributed by atoms with Crippen molar-refractivity contribution in [2.24, 2.45) is 4.99 Å². The molecule has 0 N–H and O–H groups in total. The average molecular weight is 465 g/mol. The Balaban J connectivity index is 1.94. The number of benzene rings is 2. The lowest BCUT2D eigenvalue weighted by Crippen LogP contribution is -2.39. The Morgan fingerprint density at radius 1 is 1.21 bits per heavy atom. The first-order chi connectivity index (χ1) is 15.8. The third-order valence-electron chi connectivity index (χ3n) is 5.24. The van der Waals surface area contributed by atoms with Gasteiger partial charge in [0.05, 0.1) is 41.0 Å². The summed E-state index contributed by atoms with van der Waals surface area (Å²) in [4.78, 5) is 41.6. The Labute approximate surface area is 191 Å². The molecule has 0 bridgehead atoms. The van der Waals surface area contributed by atoms with Gasteiger partial charge in [-0.2, -0.15) is 0 Å². The molecular formula is C23H19N3O6S. The number of hydrogen-bond acceptors (Lipinski definition) is 8. The predicted molar refractivity (Wildman–Crippen MR) is 122 cm³/mol. The van der Waals surface area contributed by atoms with Crippen LogP contribution < -0.4 is 19.6 Å². The number of methoxy groups -OCH3 is 2. The van der Waals surface area contributed by atoms with Crippen molar-refractivity contribution in [1.29, 1.82) is 0 Å². The number of nitro benzene ring substituents is 1. The van der Waals surface area contributed by atoms with Crippen molar-refractivity contribution in [3.63, 3.8) is 0 Å². The fraction of sp³-hybridized carbons (Fsp3) is 0.174. The van der Waals surface area contributed by atoms with Gasteiger partial charge in [0.1, 0.15) is 5.75 Å². The molecule has 0 amide bonds. The second-order valence-electron chi connectivity index (χ2n) is 7.20. The Morgan fingerprint density at radius 2 is 1.94 bits per heavy atom. The van der Waals surface area contributed by atoms with Crippen molar-refractivity contribution in [1.82, 2.24) is 4.57 Å². The van der Waals surface area contributed by atoms with E-state index in [0.29, 0.717) is 31.9 Å². The minimum atomic E-state index is -0.744. The van der Waals surface area contributed by atoms with Gasteiger partial charge in [-0.25, -0.2) is 9.79 Å². The van der Waals surface area contributed by atoms with Crippen molar-refractivity contribution >= 4 is 29.1 Å². The van der Waals surface area contributed by atoms with Gasteiger partial charge < -0.3 is 9.47 Å². The highest BCUT2D eigenvalue weighted by Crippen LogP contribution is 2.31. The standard InChI is InChI=1S/C23H19N3O6S/c1-13-19(22(28)32-3)20(15-7-9-17(31-2)10-8-15)25-21(27)18(33-23(25)24-13)12-14-5-4-6-16(11-14)26(29)30/h4-12,20H,1-3H3/b18-12-. The van der Waals surface area contributed by atoms with Crippen LogP contribution in [0.2, 0.25) is 0 Å². The number of non-ortho nitro benzene ring substituents is 1. The quantitative estimate of drug-likeness (QED) is 0.325. The van der Waals surface area contributed by atoms with Gasteiger partial charge in [0, 0.05) is 12.1 Å². The van der Waals surface area contributed by atoms with Gasteiger partial charge in [-0.3, -0.25) is 19.5 Å². The van der Waals surface area contributed by atoms with Crippen LogP contribution >= 0.6 is 11.3 Å². The average Bonchev–Trinajstić information content (AvgIpc) is 3.12. The van der Waals surface area contributed by atoms with E-state index in [1.807, 2.05) is 0 Å². The lowest BCUT2D eigenvalue weighted by atomic mass is 9.96. The van der Waals surface area contributed by atoms with Crippen LogP contribution in [-0.4, -0.2) is 29.7 Å². The summed E-state index contributed by atoms with van der Waals surface area (Å²) in [5, 5.41) is 11.1. The lowest BCUT2D eigenvalue weighted by molar-refractivity contribution is -0.384. The Morgan fingerprint density at radius 3 is 2.58 bits per heavy atom. The molecule has 33 heavy (non-hydrogen) atoms. The number of nitro groups is 1. The van der Waals surface area contributed by atoms with Gasteiger partial charge in [-0.05, 0) is 36.3 Å². The minimum Gasteiger partial charge on any atom is -0.497 e. The first-order valence-electron chi connectivity index (χ1n) is 9.83. The van der Waals surface area contributed by atoms with E-state index in [1.165, 1.54) is 23.8 Å². The first kappa shape index (κ1) is 22.2. The van der Waals surface area contributed by atoms with E-state index < -0.39 is 16.9 Å². The molecule has 0 radical (unpaired) electrons. The number of thiazole rings is 1. The second kappa shape index (κ2) is 8.83. The summed E-state index contributed by atoms with van der Waals surface area (Å²) >= 11 is 1.15. The van der Waals surface area contributed by atoms with Gasteiger partial charge in [0.2, 0.25) is 0 Å². The molecule has 2 aromatic carbocycles. The van der Waals surface area contributed by atoms with Crippen LogP contribution in [0, 0.1) is 10.1 Å². The molecule has 0 saturated heterocycles. The van der Waals surface area contributed by atoms with E-state index in [0.717, 1.165) is 11.3 Å². The van der Waals surface area contributed by atoms with Crippen LogP contribution in [0.4, 0.5) is 5.69 Å². The molecular weight excluding hydrogens is 446 g/mol. The largest absolute Gasteiger partial charge is 0.497 e. The van der Waals surface area contributed by atoms with Crippen LogP contribution in [-0.2, 0) is 9.53 Å². The molecule has 1 unspecified atom stereocenters. The van der Waals surface area contributed by atoms with Crippen LogP contribution in [0.5, 0.6) is 5.75 Å². The molecule has 3 aromatic rings. The van der Waals surface area contributed by atoms with Gasteiger partial charge >= 0.3 is 5.97 Å². The number of esters is 1. The number of hydrogen-bond donors (Lipinski definition) is 0. The number of carbonyl (C=O) groups is 1. The zero-order valence-corrected chi connectivity index (χ0v) is 18.8. The number of fused-ring (bicyclic) bond motifs is 1. The Hall–Kier alpha value is -4.05. The van der Waals surface area contributed by atoms with E-state index in [-0.39, 0.29) is 16.8 Å². The van der Waals surface area contributed by atoms with Crippen LogP contribution in [0.1, 0.15) is 24.1 Å². The van der Waals surface area contributed by atoms with Crippen molar-refractivity contribution < 1.29 is 19.2 Å². The molecule has 10 heteroatoms. The number of ether oxygens (including phenoxy) is 2. The summed E-state index contributed by atoms with van der Waals surface area (Å²) in [6.07, 6.45) is 1.58. The molecule has 9 nitrogen and oxygen atoms in total. The molecule has 0 spiro atoms. The molecule has 0 aliphatic carbocycles. The van der Waals surface area contributed by atoms with Crippen molar-refractivity contribution in [2.75, 3.05) is 14.2 Å². The minimum absolute atomic E-state index is 0.0727. The van der Waals surface area contributed by atoms with Gasteiger partial charge in [-0.15, -0.1) is 0 Å². The Kier molecular flexibility index (Phi) is 5.93. The van der Waals surface area contributed by atoms with Gasteiger partial charge in [0.25, 0.3) is 11.2 Å². The normalized spacial score (nSPS) is 15.6. The number of carbonyl (C=O) groups excluding carboxylic acids is 1. The van der Waals surface area contributed by atoms with Crippen LogP contribution in [0.3, 0.4) is 0 Å². The maximum Gasteiger partial charge on any atom is 0.338 e. The molecule has 0 saturated carbocycles. The van der Waals surface area contributed by atoms with Crippen LogP contribution in [0.25, 0.3) is 6.08 Å². The summed E-state index contributed by atoms with van der Waals surface area (Å²) < 4.78 is 12.0. The number of rotatable bonds is 5.